The second-order valence-corrected chi connectivity index (χ2v) is 9.07. The lowest BCUT2D eigenvalue weighted by Crippen LogP contribution is -1.97. The van der Waals surface area contributed by atoms with E-state index >= 15 is 0 Å². The smallest absolute Gasteiger partial charge is 0.0894 e. The van der Waals surface area contributed by atoms with Crippen molar-refractivity contribution in [3.63, 3.8) is 0 Å². The van der Waals surface area contributed by atoms with Crippen LogP contribution in [-0.4, -0.2) is 9.55 Å². The number of hydrogen-bond donors (Lipinski definition) is 0. The van der Waals surface area contributed by atoms with Gasteiger partial charge in [0, 0.05) is 38.2 Å². The van der Waals surface area contributed by atoms with Gasteiger partial charge in [-0.1, -0.05) is 72.8 Å². The van der Waals surface area contributed by atoms with Gasteiger partial charge in [0.25, 0.3) is 0 Å². The highest BCUT2D eigenvalue weighted by atomic mass is 32.1. The first-order valence-corrected chi connectivity index (χ1v) is 11.6. The summed E-state index contributed by atoms with van der Waals surface area (Å²) in [5, 5.41) is 3.78. The van der Waals surface area contributed by atoms with Crippen LogP contribution in [0.5, 0.6) is 0 Å². The molecular formula is C29H18N2S. The Morgan fingerprint density at radius 2 is 1.19 bits per heavy atom. The van der Waals surface area contributed by atoms with Crippen molar-refractivity contribution in [3.8, 4) is 16.8 Å². The fraction of sp³-hybridized carbons (Fsp3) is 0. The lowest BCUT2D eigenvalue weighted by atomic mass is 10.0. The molecule has 0 saturated carbocycles. The van der Waals surface area contributed by atoms with Crippen LogP contribution in [0.15, 0.2) is 109 Å². The van der Waals surface area contributed by atoms with E-state index in [0.717, 1.165) is 5.52 Å². The van der Waals surface area contributed by atoms with Gasteiger partial charge in [0.2, 0.25) is 0 Å². The summed E-state index contributed by atoms with van der Waals surface area (Å²) in [5.41, 5.74) is 7.17. The third-order valence-corrected chi connectivity index (χ3v) is 7.47. The molecular weight excluding hydrogens is 408 g/mol. The zero-order chi connectivity index (χ0) is 21.1. The van der Waals surface area contributed by atoms with E-state index in [4.69, 9.17) is 4.98 Å². The summed E-state index contributed by atoms with van der Waals surface area (Å²) in [6.07, 6.45) is 1.94. The lowest BCUT2D eigenvalue weighted by Gasteiger charge is -2.14. The average Bonchev–Trinajstić information content (AvgIpc) is 3.40. The van der Waals surface area contributed by atoms with E-state index in [9.17, 15) is 0 Å². The first-order chi connectivity index (χ1) is 15.9. The van der Waals surface area contributed by atoms with Crippen molar-refractivity contribution in [1.82, 2.24) is 9.55 Å². The molecule has 0 saturated heterocycles. The number of pyridine rings is 1. The number of nitrogens with zero attached hydrogens (tertiary/aromatic N) is 2. The van der Waals surface area contributed by atoms with Gasteiger partial charge in [-0.25, -0.2) is 0 Å². The topological polar surface area (TPSA) is 17.8 Å². The molecule has 0 aliphatic rings. The van der Waals surface area contributed by atoms with E-state index in [-0.39, 0.29) is 0 Å². The fourth-order valence-electron chi connectivity index (χ4n) is 4.90. The molecule has 0 aliphatic carbocycles. The Kier molecular flexibility index (Phi) is 3.75. The highest BCUT2D eigenvalue weighted by Gasteiger charge is 2.17. The molecule has 7 aromatic rings. The van der Waals surface area contributed by atoms with Crippen LogP contribution in [0.1, 0.15) is 0 Å². The first-order valence-electron chi connectivity index (χ1n) is 10.7. The normalized spacial score (nSPS) is 11.8. The number of aromatic nitrogens is 2. The summed E-state index contributed by atoms with van der Waals surface area (Å²) in [6.45, 7) is 0. The maximum absolute atomic E-state index is 4.75. The van der Waals surface area contributed by atoms with Crippen molar-refractivity contribution in [2.75, 3.05) is 0 Å². The van der Waals surface area contributed by atoms with Gasteiger partial charge in [-0.2, -0.15) is 0 Å². The summed E-state index contributed by atoms with van der Waals surface area (Å²) in [5.74, 6) is 0. The van der Waals surface area contributed by atoms with E-state index in [1.807, 2.05) is 17.5 Å². The van der Waals surface area contributed by atoms with E-state index < -0.39 is 0 Å². The Bertz CT molecular complexity index is 1730. The minimum atomic E-state index is 1.08. The van der Waals surface area contributed by atoms with Gasteiger partial charge in [-0.15, -0.1) is 11.3 Å². The lowest BCUT2D eigenvalue weighted by molar-refractivity contribution is 1.18. The molecule has 3 aromatic heterocycles. The molecule has 0 unspecified atom stereocenters. The summed E-state index contributed by atoms with van der Waals surface area (Å²) < 4.78 is 4.92. The van der Waals surface area contributed by atoms with Crippen LogP contribution in [0.4, 0.5) is 0 Å². The van der Waals surface area contributed by atoms with Crippen molar-refractivity contribution in [1.29, 1.82) is 0 Å². The number of benzene rings is 4. The largest absolute Gasteiger partial charge is 0.309 e. The standard InChI is InChI=1S/C29H18N2S/c1-5-13-24-19(9-1)20-10-2-6-14-25(20)31(24)26-15-7-3-11-21(26)22-17-18-30-28-23-12-4-8-16-27(23)32-29(22)28/h1-18H. The zero-order valence-electron chi connectivity index (χ0n) is 17.2. The quantitative estimate of drug-likeness (QED) is 0.272. The molecule has 0 N–H and O–H groups in total. The van der Waals surface area contributed by atoms with Gasteiger partial charge in [-0.05, 0) is 30.3 Å². The maximum atomic E-state index is 4.75. The molecule has 0 fully saturated rings. The van der Waals surface area contributed by atoms with Crippen LogP contribution in [-0.2, 0) is 0 Å². The zero-order valence-corrected chi connectivity index (χ0v) is 18.0. The molecule has 0 atom stereocenters. The molecule has 32 heavy (non-hydrogen) atoms. The Labute approximate surface area is 189 Å². The van der Waals surface area contributed by atoms with E-state index in [1.54, 1.807) is 0 Å². The Balaban J connectivity index is 1.60. The molecule has 0 radical (unpaired) electrons. The van der Waals surface area contributed by atoms with Gasteiger partial charge in [0.1, 0.15) is 0 Å². The minimum absolute atomic E-state index is 1.08. The molecule has 0 aliphatic heterocycles. The maximum Gasteiger partial charge on any atom is 0.0894 e. The van der Waals surface area contributed by atoms with Crippen LogP contribution >= 0.6 is 11.3 Å². The van der Waals surface area contributed by atoms with Crippen molar-refractivity contribution in [2.24, 2.45) is 0 Å². The number of hydrogen-bond acceptors (Lipinski definition) is 2. The van der Waals surface area contributed by atoms with Gasteiger partial charge in [0.05, 0.1) is 26.9 Å². The Morgan fingerprint density at radius 3 is 1.97 bits per heavy atom. The molecule has 0 bridgehead atoms. The Hall–Kier alpha value is -3.95. The van der Waals surface area contributed by atoms with Gasteiger partial charge in [0.15, 0.2) is 0 Å². The SMILES string of the molecule is c1ccc(-n2c3ccccc3c3ccccc32)c(-c2ccnc3c2sc2ccccc23)c1. The van der Waals surface area contributed by atoms with Gasteiger partial charge in [-0.3, -0.25) is 4.98 Å². The van der Waals surface area contributed by atoms with Gasteiger partial charge < -0.3 is 4.57 Å². The number of fused-ring (bicyclic) bond motifs is 6. The van der Waals surface area contributed by atoms with E-state index in [2.05, 4.69) is 108 Å². The highest BCUT2D eigenvalue weighted by molar-refractivity contribution is 7.26. The van der Waals surface area contributed by atoms with E-state index in [1.165, 1.54) is 53.4 Å². The van der Waals surface area contributed by atoms with Crippen molar-refractivity contribution in [2.45, 2.75) is 0 Å². The fourth-order valence-corrected chi connectivity index (χ4v) is 6.08. The monoisotopic (exact) mass is 426 g/mol. The van der Waals surface area contributed by atoms with Crippen LogP contribution < -0.4 is 0 Å². The minimum Gasteiger partial charge on any atom is -0.309 e. The van der Waals surface area contributed by atoms with E-state index in [0.29, 0.717) is 0 Å². The second kappa shape index (κ2) is 6.78. The highest BCUT2D eigenvalue weighted by Crippen LogP contribution is 2.42. The third-order valence-electron chi connectivity index (χ3n) is 6.27. The first kappa shape index (κ1) is 17.7. The van der Waals surface area contributed by atoms with Crippen molar-refractivity contribution < 1.29 is 0 Å². The van der Waals surface area contributed by atoms with Crippen molar-refractivity contribution >= 4 is 53.4 Å². The molecule has 7 rings (SSSR count). The van der Waals surface area contributed by atoms with Crippen LogP contribution in [0.3, 0.4) is 0 Å². The Morgan fingerprint density at radius 1 is 0.562 bits per heavy atom. The van der Waals surface area contributed by atoms with Crippen LogP contribution in [0.25, 0.3) is 58.9 Å². The molecule has 0 amide bonds. The van der Waals surface area contributed by atoms with Gasteiger partial charge >= 0.3 is 0 Å². The summed E-state index contributed by atoms with van der Waals surface area (Å²) in [7, 11) is 0. The molecule has 150 valence electrons. The number of thiophene rings is 1. The van der Waals surface area contributed by atoms with Crippen LogP contribution in [0, 0.1) is 0 Å². The predicted octanol–water partition coefficient (Wildman–Crippen LogP) is 8.21. The summed E-state index contributed by atoms with van der Waals surface area (Å²) >= 11 is 1.82. The summed E-state index contributed by atoms with van der Waals surface area (Å²) in [6, 6.07) is 36.8. The molecule has 3 heteroatoms. The molecule has 0 spiro atoms. The number of rotatable bonds is 2. The summed E-state index contributed by atoms with van der Waals surface area (Å²) in [4.78, 5) is 4.75. The average molecular weight is 427 g/mol. The molecule has 2 nitrogen and oxygen atoms in total. The number of para-hydroxylation sites is 3. The third kappa shape index (κ3) is 2.43. The van der Waals surface area contributed by atoms with Crippen LogP contribution in [0.2, 0.25) is 0 Å². The predicted molar refractivity (Wildman–Crippen MR) is 137 cm³/mol. The van der Waals surface area contributed by atoms with Crippen molar-refractivity contribution in [3.05, 3.63) is 109 Å². The molecule has 4 aromatic carbocycles. The molecule has 3 heterocycles. The second-order valence-electron chi connectivity index (χ2n) is 8.02.